The summed E-state index contributed by atoms with van der Waals surface area (Å²) in [5, 5.41) is 2.86. The molecule has 1 aliphatic rings. The van der Waals surface area contributed by atoms with Crippen molar-refractivity contribution in [3.63, 3.8) is 0 Å². The summed E-state index contributed by atoms with van der Waals surface area (Å²) in [6.07, 6.45) is 6.02. The second-order valence-electron chi connectivity index (χ2n) is 5.31. The Bertz CT molecular complexity index is 624. The Hall–Kier alpha value is -1.30. The van der Waals surface area contributed by atoms with Crippen LogP contribution in [0.4, 0.5) is 0 Å². The van der Waals surface area contributed by atoms with Gasteiger partial charge in [0.2, 0.25) is 0 Å². The Labute approximate surface area is 136 Å². The summed E-state index contributed by atoms with van der Waals surface area (Å²) in [6, 6.07) is 4.01. The van der Waals surface area contributed by atoms with Gasteiger partial charge in [-0.2, -0.15) is 0 Å². The van der Waals surface area contributed by atoms with E-state index in [9.17, 15) is 4.79 Å². The Balaban J connectivity index is 0.00000110. The first kappa shape index (κ1) is 17.8. The largest absolute Gasteiger partial charge is 0.349 e. The molecule has 2 aromatic rings. The number of hydrogen-bond donors (Lipinski definition) is 2. The Morgan fingerprint density at radius 2 is 2.24 bits per heavy atom. The van der Waals surface area contributed by atoms with Gasteiger partial charge in [-0.1, -0.05) is 0 Å². The number of carbonyl (C=O) groups excluding carboxylic acids is 1. The van der Waals surface area contributed by atoms with Gasteiger partial charge in [0.1, 0.15) is 11.3 Å². The number of hydrogen-bond acceptors (Lipinski definition) is 3. The van der Waals surface area contributed by atoms with Gasteiger partial charge in [0.25, 0.3) is 5.91 Å². The number of fused-ring (bicyclic) bond motifs is 1. The van der Waals surface area contributed by atoms with Crippen molar-refractivity contribution in [2.75, 3.05) is 6.54 Å². The zero-order chi connectivity index (χ0) is 13.4. The van der Waals surface area contributed by atoms with Crippen molar-refractivity contribution in [2.45, 2.75) is 25.8 Å². The fourth-order valence-corrected chi connectivity index (χ4v) is 2.19. The lowest BCUT2D eigenvalue weighted by Gasteiger charge is -2.10. The van der Waals surface area contributed by atoms with Crippen molar-refractivity contribution < 1.29 is 4.79 Å². The zero-order valence-corrected chi connectivity index (χ0v) is 13.4. The number of imidazole rings is 1. The van der Waals surface area contributed by atoms with Crippen molar-refractivity contribution in [3.05, 3.63) is 35.8 Å². The molecule has 0 aliphatic heterocycles. The topological polar surface area (TPSA) is 72.4 Å². The molecule has 1 atom stereocenters. The predicted molar refractivity (Wildman–Crippen MR) is 87.5 cm³/mol. The van der Waals surface area contributed by atoms with Gasteiger partial charge in [0, 0.05) is 25.0 Å². The molecule has 1 amide bonds. The monoisotopic (exact) mass is 330 g/mol. The van der Waals surface area contributed by atoms with Gasteiger partial charge >= 0.3 is 0 Å². The van der Waals surface area contributed by atoms with Crippen molar-refractivity contribution >= 4 is 36.4 Å². The second kappa shape index (κ2) is 7.11. The number of aromatic nitrogens is 2. The second-order valence-corrected chi connectivity index (χ2v) is 5.31. The van der Waals surface area contributed by atoms with Gasteiger partial charge < -0.3 is 15.5 Å². The molecule has 2 heterocycles. The summed E-state index contributed by atoms with van der Waals surface area (Å²) < 4.78 is 1.85. The molecule has 7 heteroatoms. The first-order valence-corrected chi connectivity index (χ1v) is 6.62. The maximum Gasteiger partial charge on any atom is 0.271 e. The van der Waals surface area contributed by atoms with Crippen molar-refractivity contribution in [1.29, 1.82) is 0 Å². The summed E-state index contributed by atoms with van der Waals surface area (Å²) in [5.41, 5.74) is 8.31. The van der Waals surface area contributed by atoms with E-state index in [1.54, 1.807) is 6.20 Å². The fourth-order valence-electron chi connectivity index (χ4n) is 2.19. The van der Waals surface area contributed by atoms with E-state index in [1.807, 2.05) is 29.7 Å². The minimum atomic E-state index is -0.155. The molecule has 0 bridgehead atoms. The Morgan fingerprint density at radius 1 is 1.52 bits per heavy atom. The average Bonchev–Trinajstić information content (AvgIpc) is 3.15. The van der Waals surface area contributed by atoms with Crippen LogP contribution in [-0.2, 0) is 0 Å². The third-order valence-electron chi connectivity index (χ3n) is 3.57. The molecular weight excluding hydrogens is 311 g/mol. The van der Waals surface area contributed by atoms with Gasteiger partial charge in [-0.15, -0.1) is 24.8 Å². The highest BCUT2D eigenvalue weighted by atomic mass is 35.5. The molecule has 0 radical (unpaired) electrons. The standard InChI is InChI=1S/C14H18N4O.2ClH/c1-9-4-5-18-8-12(17-13(18)6-9)14(19)16-7-11(15)10-2-3-10;;/h4-6,8,10-11H,2-3,7,15H2,1H3,(H,16,19);2*1H. The van der Waals surface area contributed by atoms with Gasteiger partial charge in [0.05, 0.1) is 0 Å². The summed E-state index contributed by atoms with van der Waals surface area (Å²) >= 11 is 0. The quantitative estimate of drug-likeness (QED) is 0.899. The number of nitrogens with one attached hydrogen (secondary N) is 1. The molecule has 1 saturated carbocycles. The first-order chi connectivity index (χ1) is 9.13. The summed E-state index contributed by atoms with van der Waals surface area (Å²) in [4.78, 5) is 16.3. The van der Waals surface area contributed by atoms with Crippen LogP contribution in [0, 0.1) is 12.8 Å². The number of aryl methyl sites for hydroxylation is 1. The third kappa shape index (κ3) is 4.09. The van der Waals surface area contributed by atoms with Gasteiger partial charge in [-0.05, 0) is 43.4 Å². The molecule has 2 aromatic heterocycles. The molecule has 0 spiro atoms. The highest BCUT2D eigenvalue weighted by Gasteiger charge is 2.28. The van der Waals surface area contributed by atoms with E-state index >= 15 is 0 Å². The molecule has 3 rings (SSSR count). The first-order valence-electron chi connectivity index (χ1n) is 6.62. The molecule has 1 aliphatic carbocycles. The number of pyridine rings is 1. The van der Waals surface area contributed by atoms with E-state index in [0.29, 0.717) is 18.2 Å². The highest BCUT2D eigenvalue weighted by molar-refractivity contribution is 5.92. The summed E-state index contributed by atoms with van der Waals surface area (Å²) in [5.74, 6) is 0.432. The number of rotatable bonds is 4. The van der Waals surface area contributed by atoms with Crippen LogP contribution in [0.2, 0.25) is 0 Å². The van der Waals surface area contributed by atoms with Crippen LogP contribution in [0.25, 0.3) is 5.65 Å². The normalized spacial score (nSPS) is 15.0. The maximum atomic E-state index is 12.0. The lowest BCUT2D eigenvalue weighted by atomic mass is 10.2. The lowest BCUT2D eigenvalue weighted by molar-refractivity contribution is 0.0946. The number of halogens is 2. The zero-order valence-electron chi connectivity index (χ0n) is 11.8. The number of carbonyl (C=O) groups is 1. The van der Waals surface area contributed by atoms with Crippen LogP contribution < -0.4 is 11.1 Å². The minimum absolute atomic E-state index is 0. The summed E-state index contributed by atoms with van der Waals surface area (Å²) in [6.45, 7) is 2.53. The Morgan fingerprint density at radius 3 is 2.90 bits per heavy atom. The van der Waals surface area contributed by atoms with Gasteiger partial charge in [-0.25, -0.2) is 4.98 Å². The molecule has 1 unspecified atom stereocenters. The van der Waals surface area contributed by atoms with E-state index in [0.717, 1.165) is 11.2 Å². The number of amides is 1. The maximum absolute atomic E-state index is 12.0. The van der Waals surface area contributed by atoms with Gasteiger partial charge in [-0.3, -0.25) is 4.79 Å². The third-order valence-corrected chi connectivity index (χ3v) is 3.57. The fraction of sp³-hybridized carbons (Fsp3) is 0.429. The van der Waals surface area contributed by atoms with E-state index in [2.05, 4.69) is 10.3 Å². The van der Waals surface area contributed by atoms with Crippen molar-refractivity contribution in [3.8, 4) is 0 Å². The smallest absolute Gasteiger partial charge is 0.271 e. The van der Waals surface area contributed by atoms with Gasteiger partial charge in [0.15, 0.2) is 0 Å². The molecule has 21 heavy (non-hydrogen) atoms. The number of nitrogens with zero attached hydrogens (tertiary/aromatic N) is 2. The van der Waals surface area contributed by atoms with E-state index in [4.69, 9.17) is 5.73 Å². The van der Waals surface area contributed by atoms with Crippen LogP contribution >= 0.6 is 24.8 Å². The molecule has 0 saturated heterocycles. The van der Waals surface area contributed by atoms with Crippen LogP contribution in [0.1, 0.15) is 28.9 Å². The highest BCUT2D eigenvalue weighted by Crippen LogP contribution is 2.31. The molecule has 5 nitrogen and oxygen atoms in total. The van der Waals surface area contributed by atoms with Crippen molar-refractivity contribution in [1.82, 2.24) is 14.7 Å². The van der Waals surface area contributed by atoms with Crippen LogP contribution in [0.15, 0.2) is 24.5 Å². The lowest BCUT2D eigenvalue weighted by Crippen LogP contribution is -2.38. The minimum Gasteiger partial charge on any atom is -0.349 e. The van der Waals surface area contributed by atoms with E-state index in [-0.39, 0.29) is 36.8 Å². The van der Waals surface area contributed by atoms with Crippen molar-refractivity contribution in [2.24, 2.45) is 11.7 Å². The summed E-state index contributed by atoms with van der Waals surface area (Å²) in [7, 11) is 0. The SMILES string of the molecule is Cc1ccn2cc(C(=O)NCC(N)C3CC3)nc2c1.Cl.Cl. The Kier molecular flexibility index (Phi) is 6.01. The average molecular weight is 331 g/mol. The molecule has 0 aromatic carbocycles. The molecular formula is C14H20Cl2N4O. The van der Waals surface area contributed by atoms with Crippen LogP contribution in [0.3, 0.4) is 0 Å². The van der Waals surface area contributed by atoms with Crippen LogP contribution in [-0.4, -0.2) is 27.9 Å². The molecule has 1 fully saturated rings. The number of nitrogens with two attached hydrogens (primary N) is 1. The predicted octanol–water partition coefficient (Wildman–Crippen LogP) is 1.95. The van der Waals surface area contributed by atoms with Crippen LogP contribution in [0.5, 0.6) is 0 Å². The van der Waals surface area contributed by atoms with E-state index in [1.165, 1.54) is 12.8 Å². The van der Waals surface area contributed by atoms with E-state index < -0.39 is 0 Å². The molecule has 116 valence electrons. The molecule has 3 N–H and O–H groups in total.